The van der Waals surface area contributed by atoms with Gasteiger partial charge in [0.1, 0.15) is 11.8 Å². The standard InChI is InChI=1S/C25H32Cl2N2O3S/c1-4-6-14-28-25(31)23(5-2)29(15-20-21(26)8-7-9-22(20)27)24(30)17-33-16-18-10-12-19(32-3)13-11-18/h7-13,23H,4-6,14-17H2,1-3H3,(H,28,31). The SMILES string of the molecule is CCCCNC(=O)C(CC)N(Cc1c(Cl)cccc1Cl)C(=O)CSCc1ccc(OC)cc1. The Bertz CT molecular complexity index is 889. The van der Waals surface area contributed by atoms with Crippen molar-refractivity contribution in [2.24, 2.45) is 0 Å². The first-order valence-corrected chi connectivity index (χ1v) is 13.0. The lowest BCUT2D eigenvalue weighted by molar-refractivity contribution is -0.139. The van der Waals surface area contributed by atoms with E-state index in [1.165, 1.54) is 11.8 Å². The molecule has 0 spiro atoms. The third kappa shape index (κ3) is 8.43. The van der Waals surface area contributed by atoms with Gasteiger partial charge in [-0.25, -0.2) is 0 Å². The lowest BCUT2D eigenvalue weighted by atomic mass is 10.1. The third-order valence-electron chi connectivity index (χ3n) is 5.26. The molecule has 0 aliphatic heterocycles. The van der Waals surface area contributed by atoms with Gasteiger partial charge >= 0.3 is 0 Å². The highest BCUT2D eigenvalue weighted by atomic mass is 35.5. The molecule has 0 saturated carbocycles. The zero-order valence-electron chi connectivity index (χ0n) is 19.4. The number of hydrogen-bond acceptors (Lipinski definition) is 4. The fourth-order valence-corrected chi connectivity index (χ4v) is 4.73. The van der Waals surface area contributed by atoms with E-state index in [2.05, 4.69) is 12.2 Å². The molecule has 2 amide bonds. The largest absolute Gasteiger partial charge is 0.497 e. The molecular weight excluding hydrogens is 479 g/mol. The number of methoxy groups -OCH3 is 1. The monoisotopic (exact) mass is 510 g/mol. The highest BCUT2D eigenvalue weighted by Crippen LogP contribution is 2.27. The molecule has 8 heteroatoms. The molecule has 180 valence electrons. The molecule has 0 aliphatic carbocycles. The van der Waals surface area contributed by atoms with Crippen LogP contribution >= 0.6 is 35.0 Å². The van der Waals surface area contributed by atoms with Crippen LogP contribution in [0.4, 0.5) is 0 Å². The van der Waals surface area contributed by atoms with E-state index in [0.717, 1.165) is 24.2 Å². The Kier molecular flexibility index (Phi) is 11.9. The Morgan fingerprint density at radius 1 is 1.09 bits per heavy atom. The summed E-state index contributed by atoms with van der Waals surface area (Å²) in [5.41, 5.74) is 1.74. The van der Waals surface area contributed by atoms with E-state index >= 15 is 0 Å². The van der Waals surface area contributed by atoms with Gasteiger partial charge in [-0.2, -0.15) is 0 Å². The van der Waals surface area contributed by atoms with Gasteiger partial charge in [-0.1, -0.05) is 61.7 Å². The van der Waals surface area contributed by atoms with Crippen molar-refractivity contribution >= 4 is 46.8 Å². The molecule has 0 aromatic heterocycles. The minimum Gasteiger partial charge on any atom is -0.497 e. The van der Waals surface area contributed by atoms with Crippen LogP contribution < -0.4 is 10.1 Å². The number of carbonyl (C=O) groups excluding carboxylic acids is 2. The molecule has 33 heavy (non-hydrogen) atoms. The highest BCUT2D eigenvalue weighted by molar-refractivity contribution is 7.99. The summed E-state index contributed by atoms with van der Waals surface area (Å²) in [4.78, 5) is 27.8. The number of halogens is 2. The first-order valence-electron chi connectivity index (χ1n) is 11.1. The van der Waals surface area contributed by atoms with Gasteiger partial charge in [-0.15, -0.1) is 11.8 Å². The van der Waals surface area contributed by atoms with Crippen molar-refractivity contribution in [3.05, 3.63) is 63.6 Å². The molecule has 0 bridgehead atoms. The van der Waals surface area contributed by atoms with Gasteiger partial charge in [0.05, 0.1) is 12.9 Å². The molecule has 0 aliphatic rings. The van der Waals surface area contributed by atoms with Crippen LogP contribution in [0, 0.1) is 0 Å². The van der Waals surface area contributed by atoms with Crippen molar-refractivity contribution in [1.82, 2.24) is 10.2 Å². The van der Waals surface area contributed by atoms with Crippen molar-refractivity contribution in [3.63, 3.8) is 0 Å². The summed E-state index contributed by atoms with van der Waals surface area (Å²) >= 11 is 14.3. The second kappa shape index (κ2) is 14.4. The van der Waals surface area contributed by atoms with Crippen molar-refractivity contribution in [2.75, 3.05) is 19.4 Å². The van der Waals surface area contributed by atoms with E-state index in [4.69, 9.17) is 27.9 Å². The number of nitrogens with one attached hydrogen (secondary N) is 1. The molecule has 5 nitrogen and oxygen atoms in total. The zero-order valence-corrected chi connectivity index (χ0v) is 21.7. The third-order valence-corrected chi connectivity index (χ3v) is 6.96. The van der Waals surface area contributed by atoms with Crippen LogP contribution in [-0.4, -0.2) is 42.2 Å². The number of hydrogen-bond donors (Lipinski definition) is 1. The van der Waals surface area contributed by atoms with Crippen LogP contribution in [0.25, 0.3) is 0 Å². The van der Waals surface area contributed by atoms with E-state index in [9.17, 15) is 9.59 Å². The number of thioether (sulfide) groups is 1. The lowest BCUT2D eigenvalue weighted by Crippen LogP contribution is -2.49. The Balaban J connectivity index is 2.15. The quantitative estimate of drug-likeness (QED) is 0.337. The van der Waals surface area contributed by atoms with E-state index in [1.54, 1.807) is 30.2 Å². The van der Waals surface area contributed by atoms with Crippen LogP contribution in [0.2, 0.25) is 10.0 Å². The predicted octanol–water partition coefficient (Wildman–Crippen LogP) is 5.96. The van der Waals surface area contributed by atoms with Crippen molar-refractivity contribution in [3.8, 4) is 5.75 Å². The summed E-state index contributed by atoms with van der Waals surface area (Å²) in [6, 6.07) is 12.4. The van der Waals surface area contributed by atoms with Gasteiger partial charge in [0.15, 0.2) is 0 Å². The molecule has 1 N–H and O–H groups in total. The maximum absolute atomic E-state index is 13.3. The molecule has 2 aromatic rings. The topological polar surface area (TPSA) is 58.6 Å². The second-order valence-electron chi connectivity index (χ2n) is 7.63. The molecule has 2 rings (SSSR count). The van der Waals surface area contributed by atoms with E-state index < -0.39 is 6.04 Å². The van der Waals surface area contributed by atoms with Gasteiger partial charge in [0, 0.05) is 34.5 Å². The summed E-state index contributed by atoms with van der Waals surface area (Å²) in [6.07, 6.45) is 2.37. The first kappa shape index (κ1) is 27.4. The van der Waals surface area contributed by atoms with Crippen molar-refractivity contribution in [2.45, 2.75) is 51.4 Å². The summed E-state index contributed by atoms with van der Waals surface area (Å²) in [6.45, 7) is 4.74. The van der Waals surface area contributed by atoms with Gasteiger partial charge in [0.25, 0.3) is 0 Å². The van der Waals surface area contributed by atoms with Crippen LogP contribution in [-0.2, 0) is 21.9 Å². The fourth-order valence-electron chi connectivity index (χ4n) is 3.34. The summed E-state index contributed by atoms with van der Waals surface area (Å²) in [7, 11) is 1.63. The molecule has 2 aromatic carbocycles. The number of ether oxygens (including phenoxy) is 1. The molecule has 0 saturated heterocycles. The van der Waals surface area contributed by atoms with Crippen LogP contribution in [0.1, 0.15) is 44.2 Å². The summed E-state index contributed by atoms with van der Waals surface area (Å²) < 4.78 is 5.19. The lowest BCUT2D eigenvalue weighted by Gasteiger charge is -2.31. The number of carbonyl (C=O) groups is 2. The maximum atomic E-state index is 13.3. The zero-order chi connectivity index (χ0) is 24.2. The molecule has 0 heterocycles. The number of amides is 2. The van der Waals surface area contributed by atoms with Gasteiger partial charge in [-0.05, 0) is 42.7 Å². The van der Waals surface area contributed by atoms with Crippen LogP contribution in [0.3, 0.4) is 0 Å². The molecule has 0 fully saturated rings. The van der Waals surface area contributed by atoms with E-state index in [1.807, 2.05) is 31.2 Å². The van der Waals surface area contributed by atoms with Crippen molar-refractivity contribution < 1.29 is 14.3 Å². The predicted molar refractivity (Wildman–Crippen MR) is 138 cm³/mol. The van der Waals surface area contributed by atoms with Crippen LogP contribution in [0.15, 0.2) is 42.5 Å². The van der Waals surface area contributed by atoms with Gasteiger partial charge in [-0.3, -0.25) is 9.59 Å². The second-order valence-corrected chi connectivity index (χ2v) is 9.43. The minimum atomic E-state index is -0.594. The molecule has 1 atom stereocenters. The Morgan fingerprint density at radius 2 is 1.76 bits per heavy atom. The molecular formula is C25H32Cl2N2O3S. The number of benzene rings is 2. The number of unbranched alkanes of at least 4 members (excludes halogenated alkanes) is 1. The van der Waals surface area contributed by atoms with Gasteiger partial charge in [0.2, 0.25) is 11.8 Å². The van der Waals surface area contributed by atoms with E-state index in [-0.39, 0.29) is 24.1 Å². The average Bonchev–Trinajstić information content (AvgIpc) is 2.81. The highest BCUT2D eigenvalue weighted by Gasteiger charge is 2.29. The average molecular weight is 512 g/mol. The van der Waals surface area contributed by atoms with Crippen molar-refractivity contribution in [1.29, 1.82) is 0 Å². The van der Waals surface area contributed by atoms with Crippen LogP contribution in [0.5, 0.6) is 5.75 Å². The summed E-state index contributed by atoms with van der Waals surface area (Å²) in [5, 5.41) is 3.92. The fraction of sp³-hybridized carbons (Fsp3) is 0.440. The smallest absolute Gasteiger partial charge is 0.242 e. The Morgan fingerprint density at radius 3 is 2.33 bits per heavy atom. The molecule has 1 unspecified atom stereocenters. The molecule has 0 radical (unpaired) electrons. The normalized spacial score (nSPS) is 11.7. The minimum absolute atomic E-state index is 0.123. The Hall–Kier alpha value is -1.89. The first-order chi connectivity index (χ1) is 15.9. The number of rotatable bonds is 13. The Labute approximate surface area is 211 Å². The summed E-state index contributed by atoms with van der Waals surface area (Å²) in [5.74, 6) is 1.44. The van der Waals surface area contributed by atoms with E-state index in [0.29, 0.717) is 34.3 Å². The van der Waals surface area contributed by atoms with Gasteiger partial charge < -0.3 is 15.0 Å². The maximum Gasteiger partial charge on any atom is 0.242 e. The number of nitrogens with zero attached hydrogens (tertiary/aromatic N) is 1.